The molecule has 3 nitrogen and oxygen atoms in total. The van der Waals surface area contributed by atoms with Crippen LogP contribution in [-0.4, -0.2) is 25.4 Å². The van der Waals surface area contributed by atoms with Gasteiger partial charge in [-0.2, -0.15) is 0 Å². The van der Waals surface area contributed by atoms with Crippen LogP contribution in [0, 0.1) is 0 Å². The minimum absolute atomic E-state index is 0.0613. The van der Waals surface area contributed by atoms with Crippen molar-refractivity contribution in [1.82, 2.24) is 0 Å². The summed E-state index contributed by atoms with van der Waals surface area (Å²) in [5.41, 5.74) is 7.10. The maximum Gasteiger partial charge on any atom is 0.122 e. The van der Waals surface area contributed by atoms with Crippen LogP contribution in [0.25, 0.3) is 0 Å². The third kappa shape index (κ3) is 2.57. The van der Waals surface area contributed by atoms with E-state index in [1.54, 1.807) is 7.11 Å². The summed E-state index contributed by atoms with van der Waals surface area (Å²) in [5.74, 6) is 0.832. The molecule has 2 rings (SSSR count). The Kier molecular flexibility index (Phi) is 3.61. The van der Waals surface area contributed by atoms with Crippen molar-refractivity contribution in [2.45, 2.75) is 31.4 Å². The van der Waals surface area contributed by atoms with E-state index in [2.05, 4.69) is 0 Å². The van der Waals surface area contributed by atoms with Gasteiger partial charge in [0.15, 0.2) is 0 Å². The minimum Gasteiger partial charge on any atom is -0.496 e. The number of methoxy groups -OCH3 is 1. The molecule has 1 heterocycles. The van der Waals surface area contributed by atoms with Crippen molar-refractivity contribution in [2.24, 2.45) is 5.73 Å². The molecule has 0 radical (unpaired) electrons. The zero-order valence-electron chi connectivity index (χ0n) is 10.2. The molecule has 0 amide bonds. The Morgan fingerprint density at radius 3 is 2.94 bits per heavy atom. The van der Waals surface area contributed by atoms with E-state index in [0.717, 1.165) is 30.8 Å². The summed E-state index contributed by atoms with van der Waals surface area (Å²) in [6, 6.07) is 5.61. The van der Waals surface area contributed by atoms with Gasteiger partial charge in [0, 0.05) is 17.2 Å². The van der Waals surface area contributed by atoms with E-state index in [4.69, 9.17) is 26.8 Å². The first-order chi connectivity index (χ1) is 8.05. The normalized spacial score (nSPS) is 28.4. The Morgan fingerprint density at radius 2 is 2.35 bits per heavy atom. The molecule has 1 saturated heterocycles. The Balaban J connectivity index is 2.25. The number of rotatable bonds is 3. The van der Waals surface area contributed by atoms with Gasteiger partial charge in [0.1, 0.15) is 5.75 Å². The zero-order valence-corrected chi connectivity index (χ0v) is 11.0. The van der Waals surface area contributed by atoms with E-state index in [9.17, 15) is 0 Å². The van der Waals surface area contributed by atoms with Gasteiger partial charge in [0.25, 0.3) is 0 Å². The highest BCUT2D eigenvalue weighted by Crippen LogP contribution is 2.32. The first-order valence-electron chi connectivity index (χ1n) is 5.78. The SMILES string of the molecule is COc1ccc(Cl)cc1CC1(N)CCOC1C. The van der Waals surface area contributed by atoms with Crippen LogP contribution < -0.4 is 10.5 Å². The molecule has 94 valence electrons. The molecule has 2 N–H and O–H groups in total. The van der Waals surface area contributed by atoms with Gasteiger partial charge in [0.05, 0.1) is 13.2 Å². The number of hydrogen-bond donors (Lipinski definition) is 1. The molecule has 0 saturated carbocycles. The standard InChI is InChI=1S/C13H18ClNO2/c1-9-13(15,5-6-17-9)8-10-7-11(14)3-4-12(10)16-2/h3-4,7,9H,5-6,8,15H2,1-2H3. The smallest absolute Gasteiger partial charge is 0.122 e. The highest BCUT2D eigenvalue weighted by Gasteiger charge is 2.38. The van der Waals surface area contributed by atoms with Crippen LogP contribution in [0.3, 0.4) is 0 Å². The van der Waals surface area contributed by atoms with Crippen LogP contribution >= 0.6 is 11.6 Å². The Hall–Kier alpha value is -0.770. The van der Waals surface area contributed by atoms with Crippen molar-refractivity contribution < 1.29 is 9.47 Å². The topological polar surface area (TPSA) is 44.5 Å². The van der Waals surface area contributed by atoms with Crippen LogP contribution in [0.15, 0.2) is 18.2 Å². The third-order valence-electron chi connectivity index (χ3n) is 3.51. The number of halogens is 1. The van der Waals surface area contributed by atoms with Gasteiger partial charge in [-0.3, -0.25) is 0 Å². The number of ether oxygens (including phenoxy) is 2. The highest BCUT2D eigenvalue weighted by molar-refractivity contribution is 6.30. The maximum atomic E-state index is 6.38. The Labute approximate surface area is 107 Å². The predicted molar refractivity (Wildman–Crippen MR) is 68.7 cm³/mol. The Bertz CT molecular complexity index is 410. The van der Waals surface area contributed by atoms with Crippen molar-refractivity contribution in [3.8, 4) is 5.75 Å². The monoisotopic (exact) mass is 255 g/mol. The van der Waals surface area contributed by atoms with Gasteiger partial charge in [0.2, 0.25) is 0 Å². The second-order valence-electron chi connectivity index (χ2n) is 4.63. The van der Waals surface area contributed by atoms with E-state index in [1.165, 1.54) is 0 Å². The second-order valence-corrected chi connectivity index (χ2v) is 5.07. The van der Waals surface area contributed by atoms with Crippen molar-refractivity contribution in [3.63, 3.8) is 0 Å². The molecular formula is C13H18ClNO2. The highest BCUT2D eigenvalue weighted by atomic mass is 35.5. The predicted octanol–water partition coefficient (Wildman–Crippen LogP) is 2.40. The maximum absolute atomic E-state index is 6.38. The molecule has 17 heavy (non-hydrogen) atoms. The fraction of sp³-hybridized carbons (Fsp3) is 0.538. The quantitative estimate of drug-likeness (QED) is 0.902. The van der Waals surface area contributed by atoms with Crippen LogP contribution in [0.1, 0.15) is 18.9 Å². The summed E-state index contributed by atoms with van der Waals surface area (Å²) < 4.78 is 10.9. The first-order valence-corrected chi connectivity index (χ1v) is 6.16. The fourth-order valence-corrected chi connectivity index (χ4v) is 2.46. The van der Waals surface area contributed by atoms with E-state index in [-0.39, 0.29) is 11.6 Å². The molecular weight excluding hydrogens is 238 g/mol. The largest absolute Gasteiger partial charge is 0.496 e. The summed E-state index contributed by atoms with van der Waals surface area (Å²) in [5, 5.41) is 0.705. The summed E-state index contributed by atoms with van der Waals surface area (Å²) in [7, 11) is 1.66. The van der Waals surface area contributed by atoms with Gasteiger partial charge in [-0.25, -0.2) is 0 Å². The lowest BCUT2D eigenvalue weighted by Gasteiger charge is -2.28. The van der Waals surface area contributed by atoms with Crippen LogP contribution in [0.5, 0.6) is 5.75 Å². The van der Waals surface area contributed by atoms with Crippen LogP contribution in [-0.2, 0) is 11.2 Å². The number of hydrogen-bond acceptors (Lipinski definition) is 3. The average molecular weight is 256 g/mol. The molecule has 1 aromatic rings. The molecule has 0 aliphatic carbocycles. The van der Waals surface area contributed by atoms with Crippen molar-refractivity contribution in [2.75, 3.05) is 13.7 Å². The lowest BCUT2D eigenvalue weighted by molar-refractivity contribution is 0.0953. The lowest BCUT2D eigenvalue weighted by atomic mass is 9.86. The van der Waals surface area contributed by atoms with E-state index >= 15 is 0 Å². The van der Waals surface area contributed by atoms with Crippen molar-refractivity contribution in [1.29, 1.82) is 0 Å². The molecule has 0 spiro atoms. The lowest BCUT2D eigenvalue weighted by Crippen LogP contribution is -2.48. The third-order valence-corrected chi connectivity index (χ3v) is 3.74. The summed E-state index contributed by atoms with van der Waals surface area (Å²) in [6.07, 6.45) is 1.65. The van der Waals surface area contributed by atoms with E-state index in [0.29, 0.717) is 5.02 Å². The first kappa shape index (κ1) is 12.7. The van der Waals surface area contributed by atoms with Gasteiger partial charge in [-0.05, 0) is 43.5 Å². The van der Waals surface area contributed by atoms with Crippen LogP contribution in [0.2, 0.25) is 5.02 Å². The van der Waals surface area contributed by atoms with Crippen molar-refractivity contribution >= 4 is 11.6 Å². The number of benzene rings is 1. The van der Waals surface area contributed by atoms with Crippen LogP contribution in [0.4, 0.5) is 0 Å². The van der Waals surface area contributed by atoms with E-state index < -0.39 is 0 Å². The number of nitrogens with two attached hydrogens (primary N) is 1. The Morgan fingerprint density at radius 1 is 1.59 bits per heavy atom. The van der Waals surface area contributed by atoms with Gasteiger partial charge < -0.3 is 15.2 Å². The van der Waals surface area contributed by atoms with Crippen molar-refractivity contribution in [3.05, 3.63) is 28.8 Å². The van der Waals surface area contributed by atoms with Gasteiger partial charge >= 0.3 is 0 Å². The summed E-state index contributed by atoms with van der Waals surface area (Å²) in [4.78, 5) is 0. The molecule has 2 atom stereocenters. The molecule has 2 unspecified atom stereocenters. The molecule has 0 aromatic heterocycles. The average Bonchev–Trinajstić information content (AvgIpc) is 2.59. The molecule has 1 aliphatic heterocycles. The molecule has 0 bridgehead atoms. The fourth-order valence-electron chi connectivity index (χ4n) is 2.27. The molecule has 1 fully saturated rings. The molecule has 4 heteroatoms. The summed E-state index contributed by atoms with van der Waals surface area (Å²) >= 11 is 6.01. The van der Waals surface area contributed by atoms with Gasteiger partial charge in [-0.1, -0.05) is 11.6 Å². The molecule has 1 aromatic carbocycles. The summed E-state index contributed by atoms with van der Waals surface area (Å²) in [6.45, 7) is 2.74. The zero-order chi connectivity index (χ0) is 12.5. The van der Waals surface area contributed by atoms with Gasteiger partial charge in [-0.15, -0.1) is 0 Å². The molecule has 1 aliphatic rings. The minimum atomic E-state index is -0.321. The van der Waals surface area contributed by atoms with E-state index in [1.807, 2.05) is 25.1 Å². The second kappa shape index (κ2) is 4.84.